The SMILES string of the molecule is COc1ccccc1OCc1nnc2ccc(N)cn12. The first kappa shape index (κ1) is 12.3. The third-order valence-corrected chi connectivity index (χ3v) is 2.92. The Balaban J connectivity index is 1.85. The third-order valence-electron chi connectivity index (χ3n) is 2.92. The van der Waals surface area contributed by atoms with E-state index in [9.17, 15) is 0 Å². The molecule has 6 nitrogen and oxygen atoms in total. The molecule has 6 heteroatoms. The fraction of sp³-hybridized carbons (Fsp3) is 0.143. The molecule has 20 heavy (non-hydrogen) atoms. The summed E-state index contributed by atoms with van der Waals surface area (Å²) in [7, 11) is 1.61. The first-order valence-electron chi connectivity index (χ1n) is 6.13. The van der Waals surface area contributed by atoms with Crippen molar-refractivity contribution in [3.63, 3.8) is 0 Å². The van der Waals surface area contributed by atoms with Crippen LogP contribution in [-0.4, -0.2) is 21.7 Å². The zero-order chi connectivity index (χ0) is 13.9. The van der Waals surface area contributed by atoms with Crippen LogP contribution in [0.2, 0.25) is 0 Å². The molecule has 3 aromatic rings. The number of hydrogen-bond donors (Lipinski definition) is 1. The number of para-hydroxylation sites is 2. The van der Waals surface area contributed by atoms with Gasteiger partial charge in [0.1, 0.15) is 6.61 Å². The number of ether oxygens (including phenoxy) is 2. The maximum absolute atomic E-state index is 5.77. The van der Waals surface area contributed by atoms with Crippen LogP contribution in [0, 0.1) is 0 Å². The molecule has 0 saturated carbocycles. The molecule has 0 bridgehead atoms. The summed E-state index contributed by atoms with van der Waals surface area (Å²) < 4.78 is 12.8. The van der Waals surface area contributed by atoms with E-state index in [0.717, 1.165) is 5.65 Å². The lowest BCUT2D eigenvalue weighted by Crippen LogP contribution is -2.03. The summed E-state index contributed by atoms with van der Waals surface area (Å²) in [5, 5.41) is 8.16. The van der Waals surface area contributed by atoms with Crippen molar-refractivity contribution in [2.24, 2.45) is 0 Å². The molecule has 2 N–H and O–H groups in total. The van der Waals surface area contributed by atoms with E-state index in [1.54, 1.807) is 19.4 Å². The van der Waals surface area contributed by atoms with Gasteiger partial charge in [0, 0.05) is 11.9 Å². The number of pyridine rings is 1. The molecule has 0 aliphatic carbocycles. The van der Waals surface area contributed by atoms with E-state index >= 15 is 0 Å². The monoisotopic (exact) mass is 270 g/mol. The van der Waals surface area contributed by atoms with Gasteiger partial charge in [-0.3, -0.25) is 4.40 Å². The van der Waals surface area contributed by atoms with Crippen LogP contribution >= 0.6 is 0 Å². The van der Waals surface area contributed by atoms with Gasteiger partial charge in [0.05, 0.1) is 7.11 Å². The summed E-state index contributed by atoms with van der Waals surface area (Å²) in [6, 6.07) is 11.1. The summed E-state index contributed by atoms with van der Waals surface area (Å²) in [6.45, 7) is 0.283. The molecule has 0 radical (unpaired) electrons. The molecule has 0 fully saturated rings. The molecular formula is C14H14N4O2. The Morgan fingerprint density at radius 1 is 1.10 bits per heavy atom. The van der Waals surface area contributed by atoms with Crippen molar-refractivity contribution in [3.8, 4) is 11.5 Å². The maximum Gasteiger partial charge on any atom is 0.175 e. The normalized spacial score (nSPS) is 10.7. The maximum atomic E-state index is 5.77. The zero-order valence-electron chi connectivity index (χ0n) is 11.0. The van der Waals surface area contributed by atoms with Crippen molar-refractivity contribution in [1.29, 1.82) is 0 Å². The molecule has 3 rings (SSSR count). The number of fused-ring (bicyclic) bond motifs is 1. The van der Waals surface area contributed by atoms with Gasteiger partial charge in [0.25, 0.3) is 0 Å². The number of anilines is 1. The van der Waals surface area contributed by atoms with Crippen LogP contribution in [0.15, 0.2) is 42.6 Å². The number of rotatable bonds is 4. The van der Waals surface area contributed by atoms with Gasteiger partial charge < -0.3 is 15.2 Å². The van der Waals surface area contributed by atoms with E-state index in [4.69, 9.17) is 15.2 Å². The summed E-state index contributed by atoms with van der Waals surface area (Å²) in [5.74, 6) is 2.02. The smallest absolute Gasteiger partial charge is 0.175 e. The largest absolute Gasteiger partial charge is 0.493 e. The highest BCUT2D eigenvalue weighted by atomic mass is 16.5. The Bertz CT molecular complexity index is 739. The molecule has 2 aromatic heterocycles. The summed E-state index contributed by atoms with van der Waals surface area (Å²) in [4.78, 5) is 0. The minimum atomic E-state index is 0.283. The van der Waals surface area contributed by atoms with Crippen LogP contribution in [0.5, 0.6) is 11.5 Å². The van der Waals surface area contributed by atoms with Crippen LogP contribution in [-0.2, 0) is 6.61 Å². The Hall–Kier alpha value is -2.76. The van der Waals surface area contributed by atoms with Gasteiger partial charge in [-0.25, -0.2) is 0 Å². The number of nitrogen functional groups attached to an aromatic ring is 1. The topological polar surface area (TPSA) is 74.7 Å². The van der Waals surface area contributed by atoms with Gasteiger partial charge in [-0.2, -0.15) is 0 Å². The van der Waals surface area contributed by atoms with Crippen LogP contribution in [0.25, 0.3) is 5.65 Å². The molecular weight excluding hydrogens is 256 g/mol. The summed E-state index contributed by atoms with van der Waals surface area (Å²) in [5.41, 5.74) is 7.15. The van der Waals surface area contributed by atoms with Crippen molar-refractivity contribution < 1.29 is 9.47 Å². The highest BCUT2D eigenvalue weighted by Gasteiger charge is 2.08. The standard InChI is InChI=1S/C14H14N4O2/c1-19-11-4-2-3-5-12(11)20-9-14-17-16-13-7-6-10(15)8-18(13)14/h2-8H,9,15H2,1H3. The van der Waals surface area contributed by atoms with E-state index in [2.05, 4.69) is 10.2 Å². The second-order valence-corrected chi connectivity index (χ2v) is 4.25. The number of methoxy groups -OCH3 is 1. The first-order valence-corrected chi connectivity index (χ1v) is 6.13. The average Bonchev–Trinajstić information content (AvgIpc) is 2.87. The highest BCUT2D eigenvalue weighted by Crippen LogP contribution is 2.26. The molecule has 0 aliphatic heterocycles. The second-order valence-electron chi connectivity index (χ2n) is 4.25. The second kappa shape index (κ2) is 5.08. The number of nitrogens with two attached hydrogens (primary N) is 1. The van der Waals surface area contributed by atoms with Crippen molar-refractivity contribution in [2.75, 3.05) is 12.8 Å². The van der Waals surface area contributed by atoms with Gasteiger partial charge >= 0.3 is 0 Å². The van der Waals surface area contributed by atoms with Crippen LogP contribution in [0.1, 0.15) is 5.82 Å². The molecule has 0 unspecified atom stereocenters. The Morgan fingerprint density at radius 3 is 2.70 bits per heavy atom. The first-order chi connectivity index (χ1) is 9.78. The molecule has 0 spiro atoms. The van der Waals surface area contributed by atoms with E-state index in [-0.39, 0.29) is 6.61 Å². The van der Waals surface area contributed by atoms with Crippen molar-refractivity contribution in [3.05, 3.63) is 48.4 Å². The zero-order valence-corrected chi connectivity index (χ0v) is 11.0. The van der Waals surface area contributed by atoms with E-state index in [1.807, 2.05) is 34.7 Å². The van der Waals surface area contributed by atoms with Crippen molar-refractivity contribution in [1.82, 2.24) is 14.6 Å². The number of hydrogen-bond acceptors (Lipinski definition) is 5. The number of benzene rings is 1. The fourth-order valence-corrected chi connectivity index (χ4v) is 1.93. The Morgan fingerprint density at radius 2 is 1.90 bits per heavy atom. The lowest BCUT2D eigenvalue weighted by Gasteiger charge is -2.09. The van der Waals surface area contributed by atoms with Gasteiger partial charge in [-0.1, -0.05) is 12.1 Å². The molecule has 0 aliphatic rings. The predicted octanol–water partition coefficient (Wildman–Crippen LogP) is 1.90. The van der Waals surface area contributed by atoms with E-state index < -0.39 is 0 Å². The van der Waals surface area contributed by atoms with E-state index in [1.165, 1.54) is 0 Å². The Labute approximate surface area is 115 Å². The summed E-state index contributed by atoms with van der Waals surface area (Å²) in [6.07, 6.45) is 1.77. The molecule has 1 aromatic carbocycles. The van der Waals surface area contributed by atoms with Crippen LogP contribution in [0.3, 0.4) is 0 Å². The lowest BCUT2D eigenvalue weighted by atomic mass is 10.3. The average molecular weight is 270 g/mol. The quantitative estimate of drug-likeness (QED) is 0.783. The minimum Gasteiger partial charge on any atom is -0.493 e. The number of nitrogens with zero attached hydrogens (tertiary/aromatic N) is 3. The minimum absolute atomic E-state index is 0.283. The molecule has 2 heterocycles. The lowest BCUT2D eigenvalue weighted by molar-refractivity contribution is 0.275. The van der Waals surface area contributed by atoms with Gasteiger partial charge in [0.15, 0.2) is 23.0 Å². The van der Waals surface area contributed by atoms with Crippen molar-refractivity contribution >= 4 is 11.3 Å². The predicted molar refractivity (Wildman–Crippen MR) is 74.7 cm³/mol. The van der Waals surface area contributed by atoms with Crippen LogP contribution < -0.4 is 15.2 Å². The molecule has 0 amide bonds. The molecule has 0 saturated heterocycles. The number of aromatic nitrogens is 3. The van der Waals surface area contributed by atoms with Gasteiger partial charge in [0.2, 0.25) is 0 Å². The summed E-state index contributed by atoms with van der Waals surface area (Å²) >= 11 is 0. The van der Waals surface area contributed by atoms with Gasteiger partial charge in [-0.15, -0.1) is 10.2 Å². The highest BCUT2D eigenvalue weighted by molar-refractivity contribution is 5.47. The fourth-order valence-electron chi connectivity index (χ4n) is 1.93. The molecule has 0 atom stereocenters. The van der Waals surface area contributed by atoms with Gasteiger partial charge in [-0.05, 0) is 24.3 Å². The molecule has 102 valence electrons. The van der Waals surface area contributed by atoms with E-state index in [0.29, 0.717) is 23.0 Å². The van der Waals surface area contributed by atoms with Crippen molar-refractivity contribution in [2.45, 2.75) is 6.61 Å². The van der Waals surface area contributed by atoms with Crippen LogP contribution in [0.4, 0.5) is 5.69 Å². The third kappa shape index (κ3) is 2.23. The Kier molecular flexibility index (Phi) is 3.12.